The van der Waals surface area contributed by atoms with E-state index >= 15 is 0 Å². The Balaban J connectivity index is 1.72. The Labute approximate surface area is 105 Å². The van der Waals surface area contributed by atoms with E-state index in [0.717, 1.165) is 32.5 Å². The maximum absolute atomic E-state index is 10.0. The van der Waals surface area contributed by atoms with E-state index < -0.39 is 0 Å². The van der Waals surface area contributed by atoms with Crippen molar-refractivity contribution < 1.29 is 9.84 Å². The molecule has 1 heterocycles. The van der Waals surface area contributed by atoms with Gasteiger partial charge < -0.3 is 9.84 Å². The van der Waals surface area contributed by atoms with Crippen LogP contribution in [0.15, 0.2) is 0 Å². The first-order chi connectivity index (χ1) is 8.31. The van der Waals surface area contributed by atoms with Crippen molar-refractivity contribution in [3.05, 3.63) is 0 Å². The van der Waals surface area contributed by atoms with Crippen LogP contribution in [-0.2, 0) is 4.74 Å². The Morgan fingerprint density at radius 2 is 2.06 bits per heavy atom. The molecule has 0 amide bonds. The zero-order chi connectivity index (χ0) is 12.1. The topological polar surface area (TPSA) is 32.7 Å². The van der Waals surface area contributed by atoms with Crippen LogP contribution in [0.4, 0.5) is 0 Å². The number of likely N-dealkylation sites (tertiary alicyclic amines) is 1. The van der Waals surface area contributed by atoms with Crippen LogP contribution in [0.3, 0.4) is 0 Å². The minimum Gasteiger partial charge on any atom is -0.391 e. The van der Waals surface area contributed by atoms with E-state index in [2.05, 4.69) is 11.8 Å². The van der Waals surface area contributed by atoms with Gasteiger partial charge in [0.25, 0.3) is 0 Å². The highest BCUT2D eigenvalue weighted by Crippen LogP contribution is 2.26. The van der Waals surface area contributed by atoms with E-state index in [1.54, 1.807) is 0 Å². The molecule has 0 radical (unpaired) electrons. The molecule has 2 rings (SSSR count). The van der Waals surface area contributed by atoms with Gasteiger partial charge in [-0.05, 0) is 25.7 Å². The van der Waals surface area contributed by atoms with Crippen molar-refractivity contribution >= 4 is 0 Å². The quantitative estimate of drug-likeness (QED) is 0.749. The van der Waals surface area contributed by atoms with Crippen LogP contribution in [0, 0.1) is 0 Å². The van der Waals surface area contributed by atoms with Crippen LogP contribution < -0.4 is 0 Å². The Hall–Kier alpha value is -0.120. The van der Waals surface area contributed by atoms with Crippen LogP contribution in [-0.4, -0.2) is 48.0 Å². The second-order valence-corrected chi connectivity index (χ2v) is 5.55. The molecular formula is C14H27NO2. The fourth-order valence-corrected chi connectivity index (χ4v) is 3.10. The number of nitrogens with zero attached hydrogens (tertiary/aromatic N) is 1. The molecule has 1 saturated heterocycles. The summed E-state index contributed by atoms with van der Waals surface area (Å²) in [6.07, 6.45) is 8.47. The van der Waals surface area contributed by atoms with E-state index in [-0.39, 0.29) is 6.10 Å². The molecule has 1 saturated carbocycles. The molecule has 0 aromatic heterocycles. The molecule has 3 heteroatoms. The number of rotatable bonds is 5. The molecule has 100 valence electrons. The summed E-state index contributed by atoms with van der Waals surface area (Å²) in [4.78, 5) is 2.46. The van der Waals surface area contributed by atoms with E-state index in [9.17, 15) is 5.11 Å². The van der Waals surface area contributed by atoms with Gasteiger partial charge in [0.15, 0.2) is 0 Å². The van der Waals surface area contributed by atoms with Crippen molar-refractivity contribution in [2.45, 2.75) is 70.1 Å². The molecule has 2 aliphatic rings. The van der Waals surface area contributed by atoms with E-state index in [4.69, 9.17) is 4.74 Å². The first-order valence-electron chi connectivity index (χ1n) is 7.35. The minimum absolute atomic E-state index is 0.0989. The smallest absolute Gasteiger partial charge is 0.0714 e. The summed E-state index contributed by atoms with van der Waals surface area (Å²) < 4.78 is 5.88. The van der Waals surface area contributed by atoms with Crippen LogP contribution >= 0.6 is 0 Å². The summed E-state index contributed by atoms with van der Waals surface area (Å²) in [7, 11) is 0. The van der Waals surface area contributed by atoms with Crippen molar-refractivity contribution in [1.82, 2.24) is 4.90 Å². The second kappa shape index (κ2) is 6.72. The van der Waals surface area contributed by atoms with Crippen LogP contribution in [0.1, 0.15) is 51.9 Å². The zero-order valence-electron chi connectivity index (χ0n) is 11.1. The average Bonchev–Trinajstić information content (AvgIpc) is 2.79. The van der Waals surface area contributed by atoms with Crippen LogP contribution in [0.25, 0.3) is 0 Å². The molecule has 1 N–H and O–H groups in total. The third-order valence-electron chi connectivity index (χ3n) is 4.19. The number of hydrogen-bond donors (Lipinski definition) is 1. The van der Waals surface area contributed by atoms with Gasteiger partial charge in [-0.15, -0.1) is 0 Å². The third kappa shape index (κ3) is 3.67. The molecule has 1 unspecified atom stereocenters. The molecule has 3 nitrogen and oxygen atoms in total. The van der Waals surface area contributed by atoms with E-state index in [0.29, 0.717) is 12.1 Å². The van der Waals surface area contributed by atoms with Crippen molar-refractivity contribution in [2.75, 3.05) is 19.7 Å². The summed E-state index contributed by atoms with van der Waals surface area (Å²) >= 11 is 0. The molecule has 1 aliphatic carbocycles. The van der Waals surface area contributed by atoms with Gasteiger partial charge in [-0.3, -0.25) is 4.90 Å². The zero-order valence-corrected chi connectivity index (χ0v) is 11.1. The fourth-order valence-electron chi connectivity index (χ4n) is 3.10. The standard InChI is InChI=1S/C14H27NO2/c1-2-3-10-17-12-8-9-15(11-12)13-6-4-5-7-14(13)16/h12-14,16H,2-11H2,1H3/t12-,13?,14+/m1/s1. The molecule has 1 aliphatic heterocycles. The van der Waals surface area contributed by atoms with Crippen molar-refractivity contribution in [2.24, 2.45) is 0 Å². The summed E-state index contributed by atoms with van der Waals surface area (Å²) in [6, 6.07) is 0.406. The minimum atomic E-state index is -0.0989. The second-order valence-electron chi connectivity index (χ2n) is 5.55. The molecule has 0 spiro atoms. The Morgan fingerprint density at radius 1 is 1.24 bits per heavy atom. The Kier molecular flexibility index (Phi) is 5.26. The predicted molar refractivity (Wildman–Crippen MR) is 69.1 cm³/mol. The summed E-state index contributed by atoms with van der Waals surface area (Å²) in [6.45, 7) is 5.24. The third-order valence-corrected chi connectivity index (χ3v) is 4.19. The predicted octanol–water partition coefficient (Wildman–Crippen LogP) is 2.18. The van der Waals surface area contributed by atoms with Gasteiger partial charge >= 0.3 is 0 Å². The van der Waals surface area contributed by atoms with Crippen LogP contribution in [0.5, 0.6) is 0 Å². The molecule has 17 heavy (non-hydrogen) atoms. The SMILES string of the molecule is CCCCO[C@@H]1CCN(C2CCCC[C@@H]2O)C1. The highest BCUT2D eigenvalue weighted by atomic mass is 16.5. The summed E-state index contributed by atoms with van der Waals surface area (Å²) in [5.74, 6) is 0. The van der Waals surface area contributed by atoms with Crippen molar-refractivity contribution in [3.63, 3.8) is 0 Å². The lowest BCUT2D eigenvalue weighted by atomic mass is 9.91. The highest BCUT2D eigenvalue weighted by Gasteiger charge is 2.33. The number of aliphatic hydroxyl groups is 1. The Morgan fingerprint density at radius 3 is 2.82 bits per heavy atom. The number of ether oxygens (including phenoxy) is 1. The lowest BCUT2D eigenvalue weighted by molar-refractivity contribution is 0.0131. The van der Waals surface area contributed by atoms with E-state index in [1.165, 1.54) is 32.1 Å². The first-order valence-corrected chi connectivity index (χ1v) is 7.35. The summed E-state index contributed by atoms with van der Waals surface area (Å²) in [5.41, 5.74) is 0. The number of hydrogen-bond acceptors (Lipinski definition) is 3. The largest absolute Gasteiger partial charge is 0.391 e. The van der Waals surface area contributed by atoms with Crippen LogP contribution in [0.2, 0.25) is 0 Å². The van der Waals surface area contributed by atoms with Gasteiger partial charge in [0, 0.05) is 25.7 Å². The van der Waals surface area contributed by atoms with Crippen molar-refractivity contribution in [1.29, 1.82) is 0 Å². The van der Waals surface area contributed by atoms with Gasteiger partial charge in [0.05, 0.1) is 12.2 Å². The average molecular weight is 241 g/mol. The normalized spacial score (nSPS) is 35.3. The van der Waals surface area contributed by atoms with Gasteiger partial charge in [-0.2, -0.15) is 0 Å². The number of unbranched alkanes of at least 4 members (excludes halogenated alkanes) is 1. The van der Waals surface area contributed by atoms with Gasteiger partial charge in [0.1, 0.15) is 0 Å². The van der Waals surface area contributed by atoms with Crippen molar-refractivity contribution in [3.8, 4) is 0 Å². The molecule has 0 bridgehead atoms. The summed E-state index contributed by atoms with van der Waals surface area (Å²) in [5, 5.41) is 10.0. The number of aliphatic hydroxyl groups excluding tert-OH is 1. The van der Waals surface area contributed by atoms with E-state index in [1.807, 2.05) is 0 Å². The van der Waals surface area contributed by atoms with Gasteiger partial charge in [0.2, 0.25) is 0 Å². The molecule has 2 fully saturated rings. The molecule has 0 aromatic carbocycles. The molecular weight excluding hydrogens is 214 g/mol. The fraction of sp³-hybridized carbons (Fsp3) is 1.00. The molecule has 0 aromatic rings. The highest BCUT2D eigenvalue weighted by molar-refractivity contribution is 4.88. The maximum atomic E-state index is 10.0. The maximum Gasteiger partial charge on any atom is 0.0714 e. The Bertz CT molecular complexity index is 222. The monoisotopic (exact) mass is 241 g/mol. The lowest BCUT2D eigenvalue weighted by Crippen LogP contribution is -2.44. The molecule has 3 atom stereocenters. The lowest BCUT2D eigenvalue weighted by Gasteiger charge is -2.35. The van der Waals surface area contributed by atoms with Gasteiger partial charge in [-0.25, -0.2) is 0 Å². The first kappa shape index (κ1) is 13.3. The van der Waals surface area contributed by atoms with Gasteiger partial charge in [-0.1, -0.05) is 26.2 Å².